The number of pyridine rings is 1. The Kier molecular flexibility index (Phi) is 2.91. The van der Waals surface area contributed by atoms with Crippen LogP contribution in [0.4, 0.5) is 17.3 Å². The second kappa shape index (κ2) is 4.35. The van der Waals surface area contributed by atoms with E-state index in [0.29, 0.717) is 17.4 Å². The van der Waals surface area contributed by atoms with Crippen LogP contribution in [0.1, 0.15) is 6.42 Å². The molecule has 15 heavy (non-hydrogen) atoms. The molecule has 5 nitrogen and oxygen atoms in total. The summed E-state index contributed by atoms with van der Waals surface area (Å²) >= 11 is 0. The van der Waals surface area contributed by atoms with Gasteiger partial charge in [0.1, 0.15) is 11.6 Å². The van der Waals surface area contributed by atoms with Gasteiger partial charge < -0.3 is 21.5 Å². The van der Waals surface area contributed by atoms with Crippen molar-refractivity contribution in [1.29, 1.82) is 0 Å². The predicted octanol–water partition coefficient (Wildman–Crippen LogP) is 0.694. The van der Waals surface area contributed by atoms with Crippen LogP contribution in [0.15, 0.2) is 12.1 Å². The highest BCUT2D eigenvalue weighted by Gasteiger charge is 2.15. The fourth-order valence-corrected chi connectivity index (χ4v) is 1.58. The van der Waals surface area contributed by atoms with E-state index in [-0.39, 0.29) is 0 Å². The highest BCUT2D eigenvalue weighted by molar-refractivity contribution is 5.61. The van der Waals surface area contributed by atoms with Crippen LogP contribution in [0.5, 0.6) is 0 Å². The first-order valence-electron chi connectivity index (χ1n) is 5.09. The van der Waals surface area contributed by atoms with E-state index in [1.807, 2.05) is 6.07 Å². The smallest absolute Gasteiger partial charge is 0.149 e. The van der Waals surface area contributed by atoms with Crippen LogP contribution in [0.3, 0.4) is 0 Å². The van der Waals surface area contributed by atoms with Crippen molar-refractivity contribution in [2.75, 3.05) is 36.5 Å². The Morgan fingerprint density at radius 2 is 2.33 bits per heavy atom. The number of nitrogens with two attached hydrogens (primary N) is 2. The van der Waals surface area contributed by atoms with Crippen molar-refractivity contribution in [3.05, 3.63) is 12.1 Å². The van der Waals surface area contributed by atoms with Gasteiger partial charge in [-0.25, -0.2) is 4.98 Å². The summed E-state index contributed by atoms with van der Waals surface area (Å²) in [4.78, 5) is 4.13. The standard InChI is InChI=1S/C10H16N4O/c11-8-1-2-9(14-10(8)12)13-5-7-3-4-15-6-7/h1-2,7H,3-6,11H2,(H3,12,13,14). The average Bonchev–Trinajstić information content (AvgIpc) is 2.73. The van der Waals surface area contributed by atoms with Crippen LogP contribution in [0.2, 0.25) is 0 Å². The maximum Gasteiger partial charge on any atom is 0.149 e. The average molecular weight is 208 g/mol. The zero-order valence-electron chi connectivity index (χ0n) is 8.57. The first-order chi connectivity index (χ1) is 7.25. The Labute approximate surface area is 88.8 Å². The first-order valence-corrected chi connectivity index (χ1v) is 5.09. The molecule has 1 aromatic rings. The lowest BCUT2D eigenvalue weighted by molar-refractivity contribution is 0.187. The van der Waals surface area contributed by atoms with E-state index < -0.39 is 0 Å². The van der Waals surface area contributed by atoms with Crippen molar-refractivity contribution in [3.63, 3.8) is 0 Å². The van der Waals surface area contributed by atoms with Crippen molar-refractivity contribution in [2.24, 2.45) is 5.92 Å². The normalized spacial score (nSPS) is 20.4. The third kappa shape index (κ3) is 2.50. The van der Waals surface area contributed by atoms with E-state index >= 15 is 0 Å². The molecule has 5 heteroatoms. The van der Waals surface area contributed by atoms with Gasteiger partial charge in [0.2, 0.25) is 0 Å². The summed E-state index contributed by atoms with van der Waals surface area (Å²) < 4.78 is 5.28. The van der Waals surface area contributed by atoms with Gasteiger partial charge in [-0.2, -0.15) is 0 Å². The molecule has 0 saturated carbocycles. The third-order valence-electron chi connectivity index (χ3n) is 2.55. The number of ether oxygens (including phenoxy) is 1. The molecule has 0 aromatic carbocycles. The van der Waals surface area contributed by atoms with Crippen molar-refractivity contribution >= 4 is 17.3 Å². The summed E-state index contributed by atoms with van der Waals surface area (Å²) in [5.41, 5.74) is 11.7. The Balaban J connectivity index is 1.90. The molecule has 1 aromatic heterocycles. The van der Waals surface area contributed by atoms with Crippen LogP contribution in [0.25, 0.3) is 0 Å². The number of rotatable bonds is 3. The maximum absolute atomic E-state index is 5.60. The summed E-state index contributed by atoms with van der Waals surface area (Å²) in [6.07, 6.45) is 1.11. The lowest BCUT2D eigenvalue weighted by atomic mass is 10.1. The second-order valence-corrected chi connectivity index (χ2v) is 3.78. The van der Waals surface area contributed by atoms with Gasteiger partial charge in [-0.1, -0.05) is 0 Å². The minimum Gasteiger partial charge on any atom is -0.396 e. The Bertz CT molecular complexity index is 336. The van der Waals surface area contributed by atoms with Gasteiger partial charge in [0.15, 0.2) is 0 Å². The molecule has 2 heterocycles. The number of anilines is 3. The topological polar surface area (TPSA) is 86.2 Å². The zero-order chi connectivity index (χ0) is 10.7. The largest absolute Gasteiger partial charge is 0.396 e. The molecule has 0 spiro atoms. The molecule has 82 valence electrons. The summed E-state index contributed by atoms with van der Waals surface area (Å²) in [7, 11) is 0. The highest BCUT2D eigenvalue weighted by Crippen LogP contribution is 2.16. The van der Waals surface area contributed by atoms with Gasteiger partial charge in [0.25, 0.3) is 0 Å². The lowest BCUT2D eigenvalue weighted by Gasteiger charge is -2.10. The van der Waals surface area contributed by atoms with E-state index in [1.165, 1.54) is 0 Å². The fourth-order valence-electron chi connectivity index (χ4n) is 1.58. The lowest BCUT2D eigenvalue weighted by Crippen LogP contribution is -2.15. The van der Waals surface area contributed by atoms with E-state index in [2.05, 4.69) is 10.3 Å². The number of hydrogen-bond donors (Lipinski definition) is 3. The number of aromatic nitrogens is 1. The number of nitrogens with one attached hydrogen (secondary N) is 1. The first kappa shape index (κ1) is 10.0. The molecule has 0 bridgehead atoms. The van der Waals surface area contributed by atoms with Crippen LogP contribution in [0, 0.1) is 5.92 Å². The second-order valence-electron chi connectivity index (χ2n) is 3.78. The molecule has 0 radical (unpaired) electrons. The molecular weight excluding hydrogens is 192 g/mol. The Morgan fingerprint density at radius 3 is 3.00 bits per heavy atom. The van der Waals surface area contributed by atoms with Crippen molar-refractivity contribution in [3.8, 4) is 0 Å². The van der Waals surface area contributed by atoms with Crippen molar-refractivity contribution in [1.82, 2.24) is 4.98 Å². The molecule has 1 unspecified atom stereocenters. The van der Waals surface area contributed by atoms with Gasteiger partial charge in [-0.05, 0) is 18.6 Å². The maximum atomic E-state index is 5.60. The zero-order valence-corrected chi connectivity index (χ0v) is 8.57. The van der Waals surface area contributed by atoms with Gasteiger partial charge >= 0.3 is 0 Å². The predicted molar refractivity (Wildman–Crippen MR) is 60.5 cm³/mol. The van der Waals surface area contributed by atoms with Gasteiger partial charge in [0, 0.05) is 19.1 Å². The van der Waals surface area contributed by atoms with Crippen LogP contribution in [-0.4, -0.2) is 24.7 Å². The summed E-state index contributed by atoms with van der Waals surface area (Å²) in [5, 5.41) is 3.23. The minimum absolute atomic E-state index is 0.377. The summed E-state index contributed by atoms with van der Waals surface area (Å²) in [6.45, 7) is 2.57. The van der Waals surface area contributed by atoms with Gasteiger partial charge in [-0.15, -0.1) is 0 Å². The van der Waals surface area contributed by atoms with Crippen molar-refractivity contribution in [2.45, 2.75) is 6.42 Å². The SMILES string of the molecule is Nc1ccc(NCC2CCOC2)nc1N. The molecule has 2 rings (SSSR count). The van der Waals surface area contributed by atoms with E-state index in [0.717, 1.165) is 32.0 Å². The quantitative estimate of drug-likeness (QED) is 0.680. The van der Waals surface area contributed by atoms with Crippen LogP contribution in [-0.2, 0) is 4.74 Å². The summed E-state index contributed by atoms with van der Waals surface area (Å²) in [6, 6.07) is 3.59. The number of nitrogens with zero attached hydrogens (tertiary/aromatic N) is 1. The molecule has 1 aliphatic heterocycles. The third-order valence-corrected chi connectivity index (χ3v) is 2.55. The molecule has 1 aliphatic rings. The molecule has 1 fully saturated rings. The summed E-state index contributed by atoms with van der Waals surface area (Å²) in [5.74, 6) is 1.72. The van der Waals surface area contributed by atoms with E-state index in [4.69, 9.17) is 16.2 Å². The van der Waals surface area contributed by atoms with E-state index in [1.54, 1.807) is 6.07 Å². The van der Waals surface area contributed by atoms with Gasteiger partial charge in [0.05, 0.1) is 12.3 Å². The van der Waals surface area contributed by atoms with Crippen LogP contribution >= 0.6 is 0 Å². The number of nitrogen functional groups attached to an aromatic ring is 2. The molecule has 1 saturated heterocycles. The van der Waals surface area contributed by atoms with E-state index in [9.17, 15) is 0 Å². The molecule has 0 aliphatic carbocycles. The molecule has 5 N–H and O–H groups in total. The highest BCUT2D eigenvalue weighted by atomic mass is 16.5. The molecule has 0 amide bonds. The fraction of sp³-hybridized carbons (Fsp3) is 0.500. The Hall–Kier alpha value is -1.49. The van der Waals surface area contributed by atoms with Crippen molar-refractivity contribution < 1.29 is 4.74 Å². The minimum atomic E-state index is 0.377. The van der Waals surface area contributed by atoms with Gasteiger partial charge in [-0.3, -0.25) is 0 Å². The van der Waals surface area contributed by atoms with Crippen LogP contribution < -0.4 is 16.8 Å². The molecular formula is C10H16N4O. The monoisotopic (exact) mass is 208 g/mol. The Morgan fingerprint density at radius 1 is 1.47 bits per heavy atom. The number of hydrogen-bond acceptors (Lipinski definition) is 5. The molecule has 1 atom stereocenters.